The first kappa shape index (κ1) is 18.1. The van der Waals surface area contributed by atoms with Gasteiger partial charge in [0.15, 0.2) is 9.84 Å². The van der Waals surface area contributed by atoms with E-state index in [9.17, 15) is 13.2 Å². The molecule has 1 unspecified atom stereocenters. The molecule has 0 fully saturated rings. The van der Waals surface area contributed by atoms with Crippen LogP contribution in [0.1, 0.15) is 23.9 Å². The van der Waals surface area contributed by atoms with Crippen molar-refractivity contribution in [3.8, 4) is 0 Å². The topological polar surface area (TPSA) is 76.1 Å². The maximum atomic E-state index is 12.1. The largest absolute Gasteiger partial charge is 0.353 e. The molecule has 6 heteroatoms. The molecule has 0 saturated carbocycles. The van der Waals surface area contributed by atoms with Gasteiger partial charge in [-0.15, -0.1) is 0 Å². The molecule has 1 atom stereocenters. The number of nitrogens with one attached hydrogen (secondary N) is 1. The van der Waals surface area contributed by atoms with Crippen molar-refractivity contribution in [2.24, 2.45) is 0 Å². The van der Waals surface area contributed by atoms with Crippen LogP contribution in [-0.4, -0.2) is 31.6 Å². The maximum Gasteiger partial charge on any atom is 0.224 e. The summed E-state index contributed by atoms with van der Waals surface area (Å²) in [6.07, 6.45) is 2.05. The third-order valence-electron chi connectivity index (χ3n) is 3.58. The van der Waals surface area contributed by atoms with E-state index in [1.165, 1.54) is 12.1 Å². The number of hydrogen-bond donors (Lipinski definition) is 1. The van der Waals surface area contributed by atoms with E-state index in [1.54, 1.807) is 12.1 Å². The highest BCUT2D eigenvalue weighted by atomic mass is 32.2. The van der Waals surface area contributed by atoms with Gasteiger partial charge in [-0.3, -0.25) is 9.78 Å². The van der Waals surface area contributed by atoms with Crippen molar-refractivity contribution in [3.05, 3.63) is 59.4 Å². The Morgan fingerprint density at radius 3 is 2.42 bits per heavy atom. The molecule has 2 rings (SSSR count). The van der Waals surface area contributed by atoms with Gasteiger partial charge >= 0.3 is 0 Å². The van der Waals surface area contributed by atoms with Gasteiger partial charge < -0.3 is 5.32 Å². The molecule has 0 radical (unpaired) electrons. The zero-order valence-corrected chi connectivity index (χ0v) is 14.9. The molecule has 128 valence electrons. The fourth-order valence-electron chi connectivity index (χ4n) is 2.44. The Morgan fingerprint density at radius 2 is 1.83 bits per heavy atom. The summed E-state index contributed by atoms with van der Waals surface area (Å²) in [4.78, 5) is 16.8. The first-order valence-electron chi connectivity index (χ1n) is 7.75. The van der Waals surface area contributed by atoms with Gasteiger partial charge in [-0.05, 0) is 43.7 Å². The number of carbonyl (C=O) groups is 1. The predicted octanol–water partition coefficient (Wildman–Crippen LogP) is 2.08. The van der Waals surface area contributed by atoms with Crippen LogP contribution in [0.15, 0.2) is 47.4 Å². The second kappa shape index (κ2) is 7.57. The Labute approximate surface area is 143 Å². The van der Waals surface area contributed by atoms with Gasteiger partial charge in [0.25, 0.3) is 0 Å². The summed E-state index contributed by atoms with van der Waals surface area (Å²) in [5, 5.41) is 2.94. The number of aryl methyl sites for hydroxylation is 1. The molecule has 1 N–H and O–H groups in total. The Morgan fingerprint density at radius 1 is 1.17 bits per heavy atom. The molecule has 1 amide bonds. The molecule has 0 bridgehead atoms. The summed E-state index contributed by atoms with van der Waals surface area (Å²) in [7, 11) is -3.21. The van der Waals surface area contributed by atoms with E-state index >= 15 is 0 Å². The lowest BCUT2D eigenvalue weighted by atomic mass is 10.1. The third kappa shape index (κ3) is 5.45. The highest BCUT2D eigenvalue weighted by molar-refractivity contribution is 7.90. The monoisotopic (exact) mass is 346 g/mol. The number of carbonyl (C=O) groups excluding carboxylic acids is 1. The SMILES string of the molecule is Cc1cccc(CC(C)NC(=O)Cc2ccc(S(C)(=O)=O)cc2)n1. The molecule has 1 aromatic heterocycles. The van der Waals surface area contributed by atoms with Gasteiger partial charge in [-0.25, -0.2) is 8.42 Å². The predicted molar refractivity (Wildman–Crippen MR) is 93.5 cm³/mol. The molecule has 0 aliphatic heterocycles. The van der Waals surface area contributed by atoms with E-state index in [-0.39, 0.29) is 23.3 Å². The number of amides is 1. The van der Waals surface area contributed by atoms with Crippen LogP contribution in [0.25, 0.3) is 0 Å². The molecule has 1 aromatic carbocycles. The Hall–Kier alpha value is -2.21. The standard InChI is InChI=1S/C18H22N2O3S/c1-13-5-4-6-16(19-13)11-14(2)20-18(21)12-15-7-9-17(10-8-15)24(3,22)23/h4-10,14H,11-12H2,1-3H3,(H,20,21). The molecular formula is C18H22N2O3S. The van der Waals surface area contributed by atoms with E-state index in [0.717, 1.165) is 23.2 Å². The van der Waals surface area contributed by atoms with Gasteiger partial charge in [-0.2, -0.15) is 0 Å². The maximum absolute atomic E-state index is 12.1. The summed E-state index contributed by atoms with van der Waals surface area (Å²) in [6, 6.07) is 12.2. The summed E-state index contributed by atoms with van der Waals surface area (Å²) in [5.41, 5.74) is 2.68. The lowest BCUT2D eigenvalue weighted by Crippen LogP contribution is -2.35. The second-order valence-corrected chi connectivity index (χ2v) is 8.05. The minimum absolute atomic E-state index is 0.0258. The summed E-state index contributed by atoms with van der Waals surface area (Å²) >= 11 is 0. The van der Waals surface area contributed by atoms with Gasteiger partial charge in [0.2, 0.25) is 5.91 Å². The van der Waals surface area contributed by atoms with E-state index in [1.807, 2.05) is 32.0 Å². The molecular weight excluding hydrogens is 324 g/mol. The number of aromatic nitrogens is 1. The minimum Gasteiger partial charge on any atom is -0.353 e. The molecule has 0 aliphatic rings. The fraction of sp³-hybridized carbons (Fsp3) is 0.333. The average molecular weight is 346 g/mol. The molecule has 2 aromatic rings. The van der Waals surface area contributed by atoms with Crippen molar-refractivity contribution >= 4 is 15.7 Å². The summed E-state index contributed by atoms with van der Waals surface area (Å²) in [6.45, 7) is 3.88. The number of nitrogens with zero attached hydrogens (tertiary/aromatic N) is 1. The van der Waals surface area contributed by atoms with Crippen LogP contribution >= 0.6 is 0 Å². The second-order valence-electron chi connectivity index (χ2n) is 6.04. The van der Waals surface area contributed by atoms with Crippen molar-refractivity contribution in [2.45, 2.75) is 37.6 Å². The van der Waals surface area contributed by atoms with Gasteiger partial charge in [0.05, 0.1) is 11.3 Å². The van der Waals surface area contributed by atoms with Gasteiger partial charge in [-0.1, -0.05) is 18.2 Å². The molecule has 0 saturated heterocycles. The molecule has 0 spiro atoms. The molecule has 0 aliphatic carbocycles. The van der Waals surface area contributed by atoms with E-state index in [4.69, 9.17) is 0 Å². The summed E-state index contributed by atoms with van der Waals surface area (Å²) < 4.78 is 22.8. The van der Waals surface area contributed by atoms with Crippen molar-refractivity contribution in [1.29, 1.82) is 0 Å². The number of rotatable bonds is 6. The molecule has 24 heavy (non-hydrogen) atoms. The van der Waals surface area contributed by atoms with E-state index < -0.39 is 9.84 Å². The first-order chi connectivity index (χ1) is 11.2. The Bertz CT molecular complexity index is 814. The van der Waals surface area contributed by atoms with Gasteiger partial charge in [0, 0.05) is 30.1 Å². The highest BCUT2D eigenvalue weighted by Gasteiger charge is 2.11. The molecule has 5 nitrogen and oxygen atoms in total. The quantitative estimate of drug-likeness (QED) is 0.869. The lowest BCUT2D eigenvalue weighted by molar-refractivity contribution is -0.121. The number of benzene rings is 1. The smallest absolute Gasteiger partial charge is 0.224 e. The Kier molecular flexibility index (Phi) is 5.72. The normalized spacial score (nSPS) is 12.6. The lowest BCUT2D eigenvalue weighted by Gasteiger charge is -2.14. The minimum atomic E-state index is -3.21. The van der Waals surface area contributed by atoms with Crippen LogP contribution in [0.4, 0.5) is 0 Å². The molecule has 1 heterocycles. The van der Waals surface area contributed by atoms with Crippen LogP contribution < -0.4 is 5.32 Å². The van der Waals surface area contributed by atoms with Crippen LogP contribution in [0.2, 0.25) is 0 Å². The van der Waals surface area contributed by atoms with Crippen LogP contribution in [-0.2, 0) is 27.5 Å². The van der Waals surface area contributed by atoms with Crippen molar-refractivity contribution in [3.63, 3.8) is 0 Å². The highest BCUT2D eigenvalue weighted by Crippen LogP contribution is 2.11. The number of sulfone groups is 1. The number of hydrogen-bond acceptors (Lipinski definition) is 4. The van der Waals surface area contributed by atoms with Crippen LogP contribution in [0, 0.1) is 6.92 Å². The zero-order chi connectivity index (χ0) is 17.7. The average Bonchev–Trinajstić information content (AvgIpc) is 2.46. The summed E-state index contributed by atoms with van der Waals surface area (Å²) in [5.74, 6) is -0.0951. The van der Waals surface area contributed by atoms with Crippen molar-refractivity contribution < 1.29 is 13.2 Å². The van der Waals surface area contributed by atoms with Gasteiger partial charge in [0.1, 0.15) is 0 Å². The first-order valence-corrected chi connectivity index (χ1v) is 9.64. The third-order valence-corrected chi connectivity index (χ3v) is 4.71. The van der Waals surface area contributed by atoms with Crippen molar-refractivity contribution in [1.82, 2.24) is 10.3 Å². The Balaban J connectivity index is 1.90. The number of pyridine rings is 1. The van der Waals surface area contributed by atoms with Crippen molar-refractivity contribution in [2.75, 3.05) is 6.26 Å². The van der Waals surface area contributed by atoms with E-state index in [0.29, 0.717) is 6.42 Å². The van der Waals surface area contributed by atoms with Crippen LogP contribution in [0.3, 0.4) is 0 Å². The van der Waals surface area contributed by atoms with E-state index in [2.05, 4.69) is 10.3 Å². The fourth-order valence-corrected chi connectivity index (χ4v) is 3.07. The zero-order valence-electron chi connectivity index (χ0n) is 14.1. The van der Waals surface area contributed by atoms with Crippen LogP contribution in [0.5, 0.6) is 0 Å².